The fraction of sp³-hybridized carbons (Fsp3) is 0.786. The van der Waals surface area contributed by atoms with E-state index in [1.807, 2.05) is 0 Å². The first kappa shape index (κ1) is 16.5. The third-order valence-corrected chi connectivity index (χ3v) is 3.66. The third kappa shape index (κ3) is 6.54. The van der Waals surface area contributed by atoms with Crippen LogP contribution < -0.4 is 10.6 Å². The average Bonchev–Trinajstić information content (AvgIpc) is 2.71. The van der Waals surface area contributed by atoms with Crippen molar-refractivity contribution in [3.05, 3.63) is 0 Å². The molecule has 3 unspecified atom stereocenters. The van der Waals surface area contributed by atoms with E-state index in [2.05, 4.69) is 17.6 Å². The number of imide groups is 1. The van der Waals surface area contributed by atoms with Crippen molar-refractivity contribution >= 4 is 17.9 Å². The molecule has 1 fully saturated rings. The third-order valence-electron chi connectivity index (χ3n) is 3.66. The smallest absolute Gasteiger partial charge is 0.321 e. The Labute approximate surface area is 119 Å². The largest absolute Gasteiger partial charge is 0.481 e. The number of amides is 3. The Morgan fingerprint density at radius 1 is 1.25 bits per heavy atom. The van der Waals surface area contributed by atoms with Gasteiger partial charge in [-0.1, -0.05) is 20.3 Å². The van der Waals surface area contributed by atoms with Crippen LogP contribution in [0.5, 0.6) is 0 Å². The van der Waals surface area contributed by atoms with Crippen molar-refractivity contribution in [2.75, 3.05) is 6.54 Å². The molecule has 6 nitrogen and oxygen atoms in total. The van der Waals surface area contributed by atoms with E-state index in [0.717, 1.165) is 12.8 Å². The molecular weight excluding hydrogens is 260 g/mol. The molecule has 3 atom stereocenters. The van der Waals surface area contributed by atoms with Crippen LogP contribution in [-0.4, -0.2) is 29.6 Å². The first-order chi connectivity index (χ1) is 9.36. The summed E-state index contributed by atoms with van der Waals surface area (Å²) >= 11 is 0. The monoisotopic (exact) mass is 284 g/mol. The molecule has 0 radical (unpaired) electrons. The van der Waals surface area contributed by atoms with Gasteiger partial charge in [0.25, 0.3) is 0 Å². The normalized spacial score (nSPS) is 23.1. The molecule has 1 rings (SSSR count). The number of hydrogen-bond donors (Lipinski definition) is 3. The van der Waals surface area contributed by atoms with Crippen LogP contribution in [-0.2, 0) is 9.59 Å². The summed E-state index contributed by atoms with van der Waals surface area (Å²) in [6.07, 6.45) is 3.39. The Kier molecular flexibility index (Phi) is 6.48. The molecule has 0 aromatic heterocycles. The molecule has 0 aromatic carbocycles. The number of carboxylic acid groups (broad SMARTS) is 1. The Bertz CT molecular complexity index is 370. The summed E-state index contributed by atoms with van der Waals surface area (Å²) in [5, 5.41) is 13.5. The van der Waals surface area contributed by atoms with Crippen molar-refractivity contribution in [1.82, 2.24) is 10.6 Å². The summed E-state index contributed by atoms with van der Waals surface area (Å²) in [6, 6.07) is -0.489. The number of hydrogen-bond acceptors (Lipinski definition) is 3. The van der Waals surface area contributed by atoms with Crippen molar-refractivity contribution in [1.29, 1.82) is 0 Å². The van der Waals surface area contributed by atoms with E-state index >= 15 is 0 Å². The molecule has 0 spiro atoms. The second-order valence-corrected chi connectivity index (χ2v) is 5.95. The predicted octanol–water partition coefficient (Wildman–Crippen LogP) is 1.75. The van der Waals surface area contributed by atoms with Crippen molar-refractivity contribution in [2.24, 2.45) is 17.8 Å². The van der Waals surface area contributed by atoms with Crippen molar-refractivity contribution in [2.45, 2.75) is 46.0 Å². The van der Waals surface area contributed by atoms with Crippen LogP contribution in [0.1, 0.15) is 46.0 Å². The van der Waals surface area contributed by atoms with Gasteiger partial charge in [-0.3, -0.25) is 14.9 Å². The highest BCUT2D eigenvalue weighted by atomic mass is 16.4. The minimum Gasteiger partial charge on any atom is -0.481 e. The van der Waals surface area contributed by atoms with E-state index in [4.69, 9.17) is 5.11 Å². The number of carboxylic acids is 1. The minimum atomic E-state index is -0.940. The van der Waals surface area contributed by atoms with Crippen LogP contribution in [0.15, 0.2) is 0 Å². The molecule has 0 bridgehead atoms. The SMILES string of the molecule is CC(CC(=O)O)CC(=O)NC(=O)NCC1CCC(C)C1. The second kappa shape index (κ2) is 7.87. The Morgan fingerprint density at radius 3 is 2.50 bits per heavy atom. The summed E-state index contributed by atoms with van der Waals surface area (Å²) in [4.78, 5) is 33.5. The summed E-state index contributed by atoms with van der Waals surface area (Å²) in [5.74, 6) is -0.447. The van der Waals surface area contributed by atoms with Crippen LogP contribution in [0.3, 0.4) is 0 Å². The first-order valence-electron chi connectivity index (χ1n) is 7.16. The lowest BCUT2D eigenvalue weighted by Crippen LogP contribution is -2.41. The number of urea groups is 1. The summed E-state index contributed by atoms with van der Waals surface area (Å²) in [6.45, 7) is 4.47. The molecule has 0 saturated heterocycles. The van der Waals surface area contributed by atoms with E-state index in [0.29, 0.717) is 18.4 Å². The second-order valence-electron chi connectivity index (χ2n) is 5.95. The van der Waals surface area contributed by atoms with Gasteiger partial charge in [0.2, 0.25) is 5.91 Å². The maximum Gasteiger partial charge on any atom is 0.321 e. The molecular formula is C14H24N2O4. The first-order valence-corrected chi connectivity index (χ1v) is 7.16. The predicted molar refractivity (Wildman–Crippen MR) is 74.1 cm³/mol. The fourth-order valence-electron chi connectivity index (χ4n) is 2.66. The molecule has 3 amide bonds. The number of carbonyl (C=O) groups excluding carboxylic acids is 2. The number of rotatable bonds is 6. The van der Waals surface area contributed by atoms with Gasteiger partial charge in [0.15, 0.2) is 0 Å². The highest BCUT2D eigenvalue weighted by Gasteiger charge is 2.22. The highest BCUT2D eigenvalue weighted by molar-refractivity contribution is 5.94. The summed E-state index contributed by atoms with van der Waals surface area (Å²) in [7, 11) is 0. The summed E-state index contributed by atoms with van der Waals surface area (Å²) < 4.78 is 0. The zero-order valence-electron chi connectivity index (χ0n) is 12.1. The zero-order valence-corrected chi connectivity index (χ0v) is 12.1. The molecule has 114 valence electrons. The van der Waals surface area contributed by atoms with E-state index in [1.165, 1.54) is 6.42 Å². The number of nitrogens with one attached hydrogen (secondary N) is 2. The summed E-state index contributed by atoms with van der Waals surface area (Å²) in [5.41, 5.74) is 0. The highest BCUT2D eigenvalue weighted by Crippen LogP contribution is 2.29. The van der Waals surface area contributed by atoms with E-state index in [-0.39, 0.29) is 18.8 Å². The zero-order chi connectivity index (χ0) is 15.1. The van der Waals surface area contributed by atoms with Crippen molar-refractivity contribution < 1.29 is 19.5 Å². The molecule has 3 N–H and O–H groups in total. The lowest BCUT2D eigenvalue weighted by Gasteiger charge is -2.12. The van der Waals surface area contributed by atoms with Crippen molar-refractivity contribution in [3.63, 3.8) is 0 Å². The molecule has 1 saturated carbocycles. The van der Waals surface area contributed by atoms with Crippen LogP contribution >= 0.6 is 0 Å². The Hall–Kier alpha value is -1.59. The van der Waals surface area contributed by atoms with Gasteiger partial charge in [0.1, 0.15) is 0 Å². The average molecular weight is 284 g/mol. The molecule has 0 heterocycles. The van der Waals surface area contributed by atoms with E-state index < -0.39 is 17.9 Å². The van der Waals surface area contributed by atoms with Gasteiger partial charge >= 0.3 is 12.0 Å². The van der Waals surface area contributed by atoms with Crippen LogP contribution in [0.4, 0.5) is 4.79 Å². The molecule has 0 aliphatic heterocycles. The van der Waals surface area contributed by atoms with E-state index in [1.54, 1.807) is 6.92 Å². The maximum atomic E-state index is 11.5. The standard InChI is InChI=1S/C14H24N2O4/c1-9-3-4-11(5-9)8-15-14(20)16-12(17)6-10(2)7-13(18)19/h9-11H,3-8H2,1-2H3,(H,18,19)(H2,15,16,17,20). The lowest BCUT2D eigenvalue weighted by molar-refractivity contribution is -0.138. The van der Waals surface area contributed by atoms with Crippen LogP contribution in [0.2, 0.25) is 0 Å². The number of carbonyl (C=O) groups is 3. The molecule has 20 heavy (non-hydrogen) atoms. The van der Waals surface area contributed by atoms with Gasteiger partial charge < -0.3 is 10.4 Å². The van der Waals surface area contributed by atoms with Gasteiger partial charge in [-0.25, -0.2) is 4.79 Å². The Morgan fingerprint density at radius 2 is 1.95 bits per heavy atom. The van der Waals surface area contributed by atoms with Gasteiger partial charge in [0, 0.05) is 19.4 Å². The molecule has 0 aromatic rings. The molecule has 6 heteroatoms. The van der Waals surface area contributed by atoms with Gasteiger partial charge in [0.05, 0.1) is 0 Å². The van der Waals surface area contributed by atoms with Gasteiger partial charge in [-0.2, -0.15) is 0 Å². The van der Waals surface area contributed by atoms with Crippen LogP contribution in [0, 0.1) is 17.8 Å². The number of aliphatic carboxylic acids is 1. The Balaban J connectivity index is 2.17. The van der Waals surface area contributed by atoms with E-state index in [9.17, 15) is 14.4 Å². The van der Waals surface area contributed by atoms with Gasteiger partial charge in [-0.15, -0.1) is 0 Å². The van der Waals surface area contributed by atoms with Crippen LogP contribution in [0.25, 0.3) is 0 Å². The molecule has 1 aliphatic carbocycles. The lowest BCUT2D eigenvalue weighted by atomic mass is 10.0. The van der Waals surface area contributed by atoms with Gasteiger partial charge in [-0.05, 0) is 30.6 Å². The van der Waals surface area contributed by atoms with Crippen molar-refractivity contribution in [3.8, 4) is 0 Å². The molecule has 1 aliphatic rings. The topological polar surface area (TPSA) is 95.5 Å². The maximum absolute atomic E-state index is 11.5. The quantitative estimate of drug-likeness (QED) is 0.692. The fourth-order valence-corrected chi connectivity index (χ4v) is 2.66. The minimum absolute atomic E-state index is 0.0418.